The molecule has 0 radical (unpaired) electrons. The predicted octanol–water partition coefficient (Wildman–Crippen LogP) is 4.41. The molecule has 162 valence electrons. The number of rotatable bonds is 6. The van der Waals surface area contributed by atoms with Gasteiger partial charge in [-0.25, -0.2) is 13.4 Å². The van der Waals surface area contributed by atoms with Crippen LogP contribution in [0.2, 0.25) is 0 Å². The van der Waals surface area contributed by atoms with Crippen LogP contribution in [0.3, 0.4) is 0 Å². The summed E-state index contributed by atoms with van der Waals surface area (Å²) in [5.41, 5.74) is 1.99. The molecular weight excluding hydrogens is 432 g/mol. The molecule has 31 heavy (non-hydrogen) atoms. The molecular formula is C22H24N4O3S2. The lowest BCUT2D eigenvalue weighted by atomic mass is 10.0. The van der Waals surface area contributed by atoms with Gasteiger partial charge in [-0.05, 0) is 55.7 Å². The van der Waals surface area contributed by atoms with Crippen molar-refractivity contribution < 1.29 is 13.2 Å². The minimum atomic E-state index is -3.57. The molecule has 3 aromatic rings. The molecule has 1 amide bonds. The summed E-state index contributed by atoms with van der Waals surface area (Å²) in [4.78, 5) is 21.3. The van der Waals surface area contributed by atoms with Crippen LogP contribution in [-0.4, -0.2) is 41.2 Å². The Hall–Kier alpha value is -2.62. The molecule has 1 unspecified atom stereocenters. The summed E-state index contributed by atoms with van der Waals surface area (Å²) >= 11 is 1.32. The third kappa shape index (κ3) is 4.68. The molecule has 1 N–H and O–H groups in total. The Labute approximate surface area is 186 Å². The number of nitrogens with zero attached hydrogens (tertiary/aromatic N) is 3. The lowest BCUT2D eigenvalue weighted by molar-refractivity contribution is 0.102. The number of carbonyl (C=O) groups is 1. The average molecular weight is 457 g/mol. The van der Waals surface area contributed by atoms with Gasteiger partial charge in [-0.2, -0.15) is 4.31 Å². The average Bonchev–Trinajstić information content (AvgIpc) is 3.28. The number of hydrogen-bond donors (Lipinski definition) is 1. The van der Waals surface area contributed by atoms with Crippen molar-refractivity contribution in [2.45, 2.75) is 43.5 Å². The van der Waals surface area contributed by atoms with Gasteiger partial charge in [0.25, 0.3) is 5.91 Å². The molecule has 0 bridgehead atoms. The largest absolute Gasteiger partial charge is 0.298 e. The van der Waals surface area contributed by atoms with Crippen LogP contribution >= 0.6 is 11.3 Å². The zero-order valence-electron chi connectivity index (χ0n) is 17.2. The van der Waals surface area contributed by atoms with Crippen LogP contribution in [-0.2, 0) is 10.0 Å². The number of pyridine rings is 1. The number of thiazole rings is 1. The van der Waals surface area contributed by atoms with E-state index in [0.29, 0.717) is 17.2 Å². The fraction of sp³-hybridized carbons (Fsp3) is 0.318. The number of aromatic nitrogens is 2. The number of amides is 1. The molecule has 1 atom stereocenters. The second kappa shape index (κ2) is 9.25. The van der Waals surface area contributed by atoms with E-state index < -0.39 is 10.0 Å². The van der Waals surface area contributed by atoms with Gasteiger partial charge >= 0.3 is 0 Å². The normalized spacial score (nSPS) is 17.4. The van der Waals surface area contributed by atoms with E-state index in [0.717, 1.165) is 36.9 Å². The first-order valence-electron chi connectivity index (χ1n) is 10.3. The van der Waals surface area contributed by atoms with Crippen molar-refractivity contribution in [3.05, 3.63) is 59.7 Å². The van der Waals surface area contributed by atoms with Gasteiger partial charge in [0, 0.05) is 41.5 Å². The predicted molar refractivity (Wildman–Crippen MR) is 122 cm³/mol. The maximum Gasteiger partial charge on any atom is 0.257 e. The highest BCUT2D eigenvalue weighted by molar-refractivity contribution is 7.89. The van der Waals surface area contributed by atoms with Gasteiger partial charge < -0.3 is 0 Å². The van der Waals surface area contributed by atoms with Crippen molar-refractivity contribution in [3.8, 4) is 11.3 Å². The number of benzene rings is 1. The monoisotopic (exact) mass is 456 g/mol. The molecule has 1 saturated heterocycles. The van der Waals surface area contributed by atoms with Crippen molar-refractivity contribution in [2.24, 2.45) is 0 Å². The molecule has 0 spiro atoms. The van der Waals surface area contributed by atoms with E-state index in [-0.39, 0.29) is 16.8 Å². The van der Waals surface area contributed by atoms with Crippen LogP contribution in [0.25, 0.3) is 11.3 Å². The summed E-state index contributed by atoms with van der Waals surface area (Å²) in [6, 6.07) is 9.88. The second-order valence-electron chi connectivity index (χ2n) is 7.43. The van der Waals surface area contributed by atoms with Gasteiger partial charge in [0.05, 0.1) is 10.6 Å². The highest BCUT2D eigenvalue weighted by Gasteiger charge is 2.32. The zero-order valence-corrected chi connectivity index (χ0v) is 18.8. The third-order valence-corrected chi connectivity index (χ3v) is 8.17. The lowest BCUT2D eigenvalue weighted by Gasteiger charge is -2.34. The SMILES string of the molecule is CCC1CCCCN1S(=O)(=O)c1ccc(C(=O)Nc2nc(-c3cccnc3)cs2)cc1. The summed E-state index contributed by atoms with van der Waals surface area (Å²) in [6.45, 7) is 2.57. The van der Waals surface area contributed by atoms with Crippen molar-refractivity contribution in [2.75, 3.05) is 11.9 Å². The van der Waals surface area contributed by atoms with E-state index in [1.165, 1.54) is 23.5 Å². The number of carbonyl (C=O) groups excluding carboxylic acids is 1. The molecule has 7 nitrogen and oxygen atoms in total. The Balaban J connectivity index is 1.47. The van der Waals surface area contributed by atoms with Crippen LogP contribution in [0.4, 0.5) is 5.13 Å². The number of piperidine rings is 1. The molecule has 9 heteroatoms. The molecule has 3 heterocycles. The molecule has 2 aromatic heterocycles. The van der Waals surface area contributed by atoms with Crippen molar-refractivity contribution >= 4 is 32.4 Å². The number of anilines is 1. The summed E-state index contributed by atoms with van der Waals surface area (Å²) in [5.74, 6) is -0.333. The fourth-order valence-electron chi connectivity index (χ4n) is 3.76. The minimum absolute atomic E-state index is 0.0423. The van der Waals surface area contributed by atoms with E-state index in [1.54, 1.807) is 28.8 Å². The van der Waals surface area contributed by atoms with Crippen LogP contribution in [0.15, 0.2) is 59.1 Å². The van der Waals surface area contributed by atoms with Crippen LogP contribution in [0.1, 0.15) is 43.0 Å². The molecule has 1 aromatic carbocycles. The van der Waals surface area contributed by atoms with Gasteiger partial charge in [0.1, 0.15) is 0 Å². The molecule has 0 aliphatic carbocycles. The number of sulfonamides is 1. The Bertz CT molecular complexity index is 1150. The number of nitrogens with one attached hydrogen (secondary N) is 1. The van der Waals surface area contributed by atoms with E-state index >= 15 is 0 Å². The topological polar surface area (TPSA) is 92.3 Å². The van der Waals surface area contributed by atoms with Crippen LogP contribution in [0, 0.1) is 0 Å². The Morgan fingerprint density at radius 1 is 1.23 bits per heavy atom. The minimum Gasteiger partial charge on any atom is -0.298 e. The Morgan fingerprint density at radius 2 is 2.03 bits per heavy atom. The summed E-state index contributed by atoms with van der Waals surface area (Å²) in [6.07, 6.45) is 7.04. The first kappa shape index (κ1) is 21.6. The number of hydrogen-bond acceptors (Lipinski definition) is 6. The lowest BCUT2D eigenvalue weighted by Crippen LogP contribution is -2.43. The second-order valence-corrected chi connectivity index (χ2v) is 10.2. The van der Waals surface area contributed by atoms with Crippen molar-refractivity contribution in [1.82, 2.24) is 14.3 Å². The first-order valence-corrected chi connectivity index (χ1v) is 12.6. The van der Waals surface area contributed by atoms with Gasteiger partial charge in [-0.15, -0.1) is 11.3 Å². The van der Waals surface area contributed by atoms with Gasteiger partial charge in [0.2, 0.25) is 10.0 Å². The highest BCUT2D eigenvalue weighted by atomic mass is 32.2. The van der Waals surface area contributed by atoms with Gasteiger partial charge in [-0.3, -0.25) is 15.1 Å². The van der Waals surface area contributed by atoms with E-state index in [4.69, 9.17) is 0 Å². The quantitative estimate of drug-likeness (QED) is 0.593. The van der Waals surface area contributed by atoms with Crippen LogP contribution < -0.4 is 5.32 Å². The van der Waals surface area contributed by atoms with E-state index in [9.17, 15) is 13.2 Å². The summed E-state index contributed by atoms with van der Waals surface area (Å²) in [5, 5.41) is 5.10. The van der Waals surface area contributed by atoms with Gasteiger partial charge in [-0.1, -0.05) is 13.3 Å². The van der Waals surface area contributed by atoms with Crippen molar-refractivity contribution in [1.29, 1.82) is 0 Å². The fourth-order valence-corrected chi connectivity index (χ4v) is 6.24. The summed E-state index contributed by atoms with van der Waals surface area (Å²) < 4.78 is 27.8. The molecule has 1 fully saturated rings. The zero-order chi connectivity index (χ0) is 21.8. The molecule has 1 aliphatic rings. The third-order valence-electron chi connectivity index (χ3n) is 5.45. The van der Waals surface area contributed by atoms with Crippen molar-refractivity contribution in [3.63, 3.8) is 0 Å². The first-order chi connectivity index (χ1) is 15.0. The Morgan fingerprint density at radius 3 is 2.74 bits per heavy atom. The Kier molecular flexibility index (Phi) is 6.45. The standard InChI is InChI=1S/C22H24N4O3S2/c1-2-18-7-3-4-13-26(18)31(28,29)19-10-8-16(9-11-19)21(27)25-22-24-20(15-30-22)17-6-5-12-23-14-17/h5-6,8-12,14-15,18H,2-4,7,13H2,1H3,(H,24,25,27). The molecule has 1 aliphatic heterocycles. The van der Waals surface area contributed by atoms with Crippen LogP contribution in [0.5, 0.6) is 0 Å². The van der Waals surface area contributed by atoms with E-state index in [2.05, 4.69) is 15.3 Å². The highest BCUT2D eigenvalue weighted by Crippen LogP contribution is 2.28. The molecule has 0 saturated carbocycles. The molecule has 4 rings (SSSR count). The maximum absolute atomic E-state index is 13.1. The van der Waals surface area contributed by atoms with Gasteiger partial charge in [0.15, 0.2) is 5.13 Å². The smallest absolute Gasteiger partial charge is 0.257 e. The van der Waals surface area contributed by atoms with E-state index in [1.807, 2.05) is 24.4 Å². The summed E-state index contributed by atoms with van der Waals surface area (Å²) in [7, 11) is -3.57. The maximum atomic E-state index is 13.1.